The first-order valence-electron chi connectivity index (χ1n) is 8.18. The highest BCUT2D eigenvalue weighted by Gasteiger charge is 2.35. The molecule has 0 aliphatic carbocycles. The van der Waals surface area contributed by atoms with E-state index in [1.807, 2.05) is 6.92 Å². The molecule has 0 unspecified atom stereocenters. The van der Waals surface area contributed by atoms with Crippen molar-refractivity contribution in [1.82, 2.24) is 13.5 Å². The normalized spacial score (nSPS) is 12.0. The van der Waals surface area contributed by atoms with Crippen LogP contribution in [0.1, 0.15) is 18.3 Å². The Hall–Kier alpha value is -2.50. The molecule has 7 nitrogen and oxygen atoms in total. The lowest BCUT2D eigenvalue weighted by molar-refractivity contribution is -0.144. The predicted molar refractivity (Wildman–Crippen MR) is 96.7 cm³/mol. The SMILES string of the molecule is CCOCOCc1nsc2ccc(-n3c(=O)cc(C(F)(F)F)n(C)c3=O)cc12. The number of benzene rings is 1. The zero-order valence-corrected chi connectivity index (χ0v) is 15.8. The molecule has 3 aromatic rings. The summed E-state index contributed by atoms with van der Waals surface area (Å²) >= 11 is 1.21. The minimum absolute atomic E-state index is 0.0914. The molecule has 0 radical (unpaired) electrons. The molecule has 0 atom stereocenters. The fourth-order valence-electron chi connectivity index (χ4n) is 2.64. The minimum atomic E-state index is -4.81. The molecule has 2 heterocycles. The van der Waals surface area contributed by atoms with Gasteiger partial charge in [0.05, 0.1) is 22.7 Å². The lowest BCUT2D eigenvalue weighted by Crippen LogP contribution is -2.40. The molecule has 0 spiro atoms. The summed E-state index contributed by atoms with van der Waals surface area (Å²) in [5.41, 5.74) is -2.72. The van der Waals surface area contributed by atoms with Crippen LogP contribution in [-0.4, -0.2) is 26.9 Å². The van der Waals surface area contributed by atoms with Crippen molar-refractivity contribution in [2.45, 2.75) is 19.7 Å². The van der Waals surface area contributed by atoms with Gasteiger partial charge in [0.1, 0.15) is 12.5 Å². The van der Waals surface area contributed by atoms with E-state index < -0.39 is 23.1 Å². The van der Waals surface area contributed by atoms with Crippen molar-refractivity contribution in [3.8, 4) is 5.69 Å². The van der Waals surface area contributed by atoms with Crippen LogP contribution >= 0.6 is 11.5 Å². The number of aromatic nitrogens is 3. The van der Waals surface area contributed by atoms with Crippen LogP contribution in [0.15, 0.2) is 33.9 Å². The van der Waals surface area contributed by atoms with E-state index in [-0.39, 0.29) is 19.1 Å². The number of alkyl halides is 3. The standard InChI is InChI=1S/C17H16F3N3O4S/c1-3-26-9-27-8-12-11-6-10(4-5-13(11)28-21-12)23-15(24)7-14(17(18,19)20)22(2)16(23)25/h4-7H,3,8-9H2,1-2H3. The summed E-state index contributed by atoms with van der Waals surface area (Å²) in [6, 6.07) is 5.08. The second kappa shape index (κ2) is 7.86. The van der Waals surface area contributed by atoms with Gasteiger partial charge in [-0.2, -0.15) is 17.5 Å². The molecule has 11 heteroatoms. The molecule has 0 aliphatic rings. The molecule has 0 saturated heterocycles. The Kier molecular flexibility index (Phi) is 5.68. The van der Waals surface area contributed by atoms with Gasteiger partial charge in [-0.3, -0.25) is 9.36 Å². The van der Waals surface area contributed by atoms with E-state index in [4.69, 9.17) is 9.47 Å². The minimum Gasteiger partial charge on any atom is -0.356 e. The number of fused-ring (bicyclic) bond motifs is 1. The molecular weight excluding hydrogens is 399 g/mol. The van der Waals surface area contributed by atoms with Crippen LogP contribution in [0.25, 0.3) is 15.8 Å². The van der Waals surface area contributed by atoms with Gasteiger partial charge >= 0.3 is 11.9 Å². The third kappa shape index (κ3) is 3.86. The maximum atomic E-state index is 13.0. The molecule has 0 saturated carbocycles. The summed E-state index contributed by atoms with van der Waals surface area (Å²) in [6.07, 6.45) is -4.81. The Morgan fingerprint density at radius 3 is 2.61 bits per heavy atom. The molecule has 0 N–H and O–H groups in total. The van der Waals surface area contributed by atoms with E-state index >= 15 is 0 Å². The Morgan fingerprint density at radius 1 is 1.18 bits per heavy atom. The molecule has 0 aliphatic heterocycles. The van der Waals surface area contributed by atoms with Crippen molar-refractivity contribution < 1.29 is 22.6 Å². The van der Waals surface area contributed by atoms with Crippen LogP contribution in [0.4, 0.5) is 13.2 Å². The number of halogens is 3. The molecule has 1 aromatic carbocycles. The van der Waals surface area contributed by atoms with Crippen LogP contribution in [0.2, 0.25) is 0 Å². The summed E-state index contributed by atoms with van der Waals surface area (Å²) in [7, 11) is 0.971. The zero-order chi connectivity index (χ0) is 20.5. The monoisotopic (exact) mass is 415 g/mol. The molecule has 3 rings (SSSR count). The highest BCUT2D eigenvalue weighted by molar-refractivity contribution is 7.13. The highest BCUT2D eigenvalue weighted by Crippen LogP contribution is 2.28. The maximum absolute atomic E-state index is 13.0. The fourth-order valence-corrected chi connectivity index (χ4v) is 3.40. The molecule has 2 aromatic heterocycles. The fraction of sp³-hybridized carbons (Fsp3) is 0.353. The van der Waals surface area contributed by atoms with Gasteiger partial charge in [0, 0.05) is 25.1 Å². The van der Waals surface area contributed by atoms with Crippen molar-refractivity contribution in [1.29, 1.82) is 0 Å². The van der Waals surface area contributed by atoms with E-state index in [0.29, 0.717) is 32.9 Å². The molecule has 28 heavy (non-hydrogen) atoms. The van der Waals surface area contributed by atoms with E-state index in [0.717, 1.165) is 11.7 Å². The smallest absolute Gasteiger partial charge is 0.356 e. The van der Waals surface area contributed by atoms with E-state index in [1.54, 1.807) is 6.07 Å². The van der Waals surface area contributed by atoms with Crippen molar-refractivity contribution >= 4 is 21.6 Å². The Labute approximate surface area is 160 Å². The average molecular weight is 415 g/mol. The highest BCUT2D eigenvalue weighted by atomic mass is 32.1. The predicted octanol–water partition coefficient (Wildman–Crippen LogP) is 2.68. The maximum Gasteiger partial charge on any atom is 0.431 e. The van der Waals surface area contributed by atoms with Gasteiger partial charge in [-0.1, -0.05) is 0 Å². The van der Waals surface area contributed by atoms with Crippen LogP contribution in [0.3, 0.4) is 0 Å². The number of nitrogens with zero attached hydrogens (tertiary/aromatic N) is 3. The number of hydrogen-bond donors (Lipinski definition) is 0. The van der Waals surface area contributed by atoms with Gasteiger partial charge in [0.15, 0.2) is 0 Å². The molecule has 150 valence electrons. The zero-order valence-electron chi connectivity index (χ0n) is 14.9. The number of rotatable bonds is 6. The quantitative estimate of drug-likeness (QED) is 0.457. The lowest BCUT2D eigenvalue weighted by atomic mass is 10.2. The first-order chi connectivity index (χ1) is 13.2. The van der Waals surface area contributed by atoms with Gasteiger partial charge in [-0.25, -0.2) is 9.36 Å². The largest absolute Gasteiger partial charge is 0.431 e. The first kappa shape index (κ1) is 20.2. The molecule has 0 fully saturated rings. The van der Waals surface area contributed by atoms with Crippen molar-refractivity contribution in [2.24, 2.45) is 7.05 Å². The van der Waals surface area contributed by atoms with Crippen molar-refractivity contribution in [2.75, 3.05) is 13.4 Å². The van der Waals surface area contributed by atoms with Gasteiger partial charge < -0.3 is 9.47 Å². The first-order valence-corrected chi connectivity index (χ1v) is 8.95. The second-order valence-corrected chi connectivity index (χ2v) is 6.62. The van der Waals surface area contributed by atoms with Gasteiger partial charge in [-0.15, -0.1) is 0 Å². The lowest BCUT2D eigenvalue weighted by Gasteiger charge is -2.14. The van der Waals surface area contributed by atoms with Crippen LogP contribution in [0.5, 0.6) is 0 Å². The van der Waals surface area contributed by atoms with Crippen LogP contribution < -0.4 is 11.2 Å². The Balaban J connectivity index is 2.06. The molecule has 0 bridgehead atoms. The van der Waals surface area contributed by atoms with Gasteiger partial charge in [0.25, 0.3) is 5.56 Å². The van der Waals surface area contributed by atoms with Gasteiger partial charge in [0.2, 0.25) is 0 Å². The van der Waals surface area contributed by atoms with Gasteiger partial charge in [-0.05, 0) is 36.7 Å². The van der Waals surface area contributed by atoms with Crippen molar-refractivity contribution in [3.63, 3.8) is 0 Å². The van der Waals surface area contributed by atoms with Crippen LogP contribution in [0, 0.1) is 0 Å². The number of ether oxygens (including phenoxy) is 2. The third-order valence-corrected chi connectivity index (χ3v) is 4.87. The summed E-state index contributed by atoms with van der Waals surface area (Å²) in [4.78, 5) is 24.7. The summed E-state index contributed by atoms with van der Waals surface area (Å²) in [6.45, 7) is 2.58. The molecular formula is C17H16F3N3O4S. The summed E-state index contributed by atoms with van der Waals surface area (Å²) in [5.74, 6) is 0. The van der Waals surface area contributed by atoms with E-state index in [2.05, 4.69) is 4.37 Å². The van der Waals surface area contributed by atoms with Crippen LogP contribution in [-0.2, 0) is 29.3 Å². The molecule has 0 amide bonds. The topological polar surface area (TPSA) is 75.3 Å². The Morgan fingerprint density at radius 2 is 1.93 bits per heavy atom. The number of hydrogen-bond acceptors (Lipinski definition) is 6. The second-order valence-electron chi connectivity index (χ2n) is 5.81. The average Bonchev–Trinajstić information content (AvgIpc) is 3.03. The van der Waals surface area contributed by atoms with Crippen molar-refractivity contribution in [3.05, 3.63) is 56.5 Å². The van der Waals surface area contributed by atoms with E-state index in [9.17, 15) is 22.8 Å². The Bertz CT molecular complexity index is 1120. The van der Waals surface area contributed by atoms with E-state index in [1.165, 1.54) is 23.7 Å². The third-order valence-electron chi connectivity index (χ3n) is 4.01. The summed E-state index contributed by atoms with van der Waals surface area (Å²) < 4.78 is 55.6. The summed E-state index contributed by atoms with van der Waals surface area (Å²) in [5, 5.41) is 0.646.